The normalized spacial score (nSPS) is 25.0. The van der Waals surface area contributed by atoms with Crippen molar-refractivity contribution in [2.45, 2.75) is 39.3 Å². The maximum absolute atomic E-state index is 5.79. The van der Waals surface area contributed by atoms with E-state index in [1.165, 1.54) is 24.9 Å². The number of likely N-dealkylation sites (tertiary alicyclic amines) is 1. The largest absolute Gasteiger partial charge is 0.389 e. The molecule has 2 nitrogen and oxygen atoms in total. The lowest BCUT2D eigenvalue weighted by Gasteiger charge is -2.36. The molecule has 2 rings (SSSR count). The molecule has 0 spiro atoms. The van der Waals surface area contributed by atoms with Crippen LogP contribution in [0.1, 0.15) is 37.8 Å². The Kier molecular flexibility index (Phi) is 4.36. The number of rotatable bonds is 3. The third-order valence-corrected chi connectivity index (χ3v) is 4.15. The van der Waals surface area contributed by atoms with Crippen LogP contribution in [0.25, 0.3) is 0 Å². The molecule has 0 bridgehead atoms. The van der Waals surface area contributed by atoms with Crippen molar-refractivity contribution in [1.29, 1.82) is 0 Å². The quantitative estimate of drug-likeness (QED) is 0.849. The predicted molar refractivity (Wildman–Crippen MR) is 80.6 cm³/mol. The molecule has 0 aromatic heterocycles. The molecule has 1 aliphatic rings. The van der Waals surface area contributed by atoms with Gasteiger partial charge in [-0.15, -0.1) is 0 Å². The van der Waals surface area contributed by atoms with Crippen LogP contribution in [0.4, 0.5) is 0 Å². The number of nitrogens with two attached hydrogens (primary N) is 1. The molecule has 1 fully saturated rings. The molecule has 1 saturated heterocycles. The Bertz CT molecular complexity index is 430. The third kappa shape index (κ3) is 3.09. The number of hydrogen-bond acceptors (Lipinski definition) is 2. The molecular weight excluding hydrogens is 240 g/mol. The molecule has 0 saturated carbocycles. The second-order valence-corrected chi connectivity index (χ2v) is 5.91. The van der Waals surface area contributed by atoms with Gasteiger partial charge in [0.2, 0.25) is 0 Å². The van der Waals surface area contributed by atoms with E-state index < -0.39 is 0 Å². The zero-order valence-corrected chi connectivity index (χ0v) is 12.0. The van der Waals surface area contributed by atoms with Crippen molar-refractivity contribution in [3.05, 3.63) is 35.4 Å². The summed E-state index contributed by atoms with van der Waals surface area (Å²) >= 11 is 5.12. The van der Waals surface area contributed by atoms with E-state index in [0.29, 0.717) is 11.0 Å². The minimum absolute atomic E-state index is 0.503. The van der Waals surface area contributed by atoms with Crippen molar-refractivity contribution in [3.8, 4) is 0 Å². The van der Waals surface area contributed by atoms with Gasteiger partial charge in [0.1, 0.15) is 4.99 Å². The van der Waals surface area contributed by atoms with Crippen molar-refractivity contribution in [2.24, 2.45) is 11.7 Å². The van der Waals surface area contributed by atoms with Crippen molar-refractivity contribution >= 4 is 17.2 Å². The van der Waals surface area contributed by atoms with E-state index in [2.05, 4.69) is 30.9 Å². The molecule has 1 aromatic carbocycles. The van der Waals surface area contributed by atoms with Gasteiger partial charge in [0, 0.05) is 18.2 Å². The van der Waals surface area contributed by atoms with Crippen LogP contribution >= 0.6 is 12.2 Å². The maximum atomic E-state index is 5.79. The van der Waals surface area contributed by atoms with E-state index >= 15 is 0 Å². The summed E-state index contributed by atoms with van der Waals surface area (Å²) in [6.07, 6.45) is 2.58. The fourth-order valence-corrected chi connectivity index (χ4v) is 3.01. The van der Waals surface area contributed by atoms with Gasteiger partial charge in [-0.2, -0.15) is 0 Å². The van der Waals surface area contributed by atoms with E-state index in [-0.39, 0.29) is 0 Å². The van der Waals surface area contributed by atoms with Gasteiger partial charge in [0.15, 0.2) is 0 Å². The SMILES string of the molecule is CC1CCN(Cc2ccccc2C(N)=S)C(C)C1. The highest BCUT2D eigenvalue weighted by Gasteiger charge is 2.23. The second-order valence-electron chi connectivity index (χ2n) is 5.47. The molecule has 0 aliphatic carbocycles. The van der Waals surface area contributed by atoms with E-state index in [9.17, 15) is 0 Å². The molecule has 0 radical (unpaired) electrons. The highest BCUT2D eigenvalue weighted by Crippen LogP contribution is 2.24. The number of piperidine rings is 1. The summed E-state index contributed by atoms with van der Waals surface area (Å²) in [5, 5.41) is 0. The zero-order valence-electron chi connectivity index (χ0n) is 11.2. The van der Waals surface area contributed by atoms with E-state index in [1.54, 1.807) is 0 Å². The fraction of sp³-hybridized carbons (Fsp3) is 0.533. The van der Waals surface area contributed by atoms with Crippen molar-refractivity contribution < 1.29 is 0 Å². The van der Waals surface area contributed by atoms with Crippen molar-refractivity contribution in [3.63, 3.8) is 0 Å². The van der Waals surface area contributed by atoms with Gasteiger partial charge in [-0.05, 0) is 37.8 Å². The highest BCUT2D eigenvalue weighted by molar-refractivity contribution is 7.80. The van der Waals surface area contributed by atoms with Crippen LogP contribution in [-0.4, -0.2) is 22.5 Å². The molecule has 0 amide bonds. The molecule has 18 heavy (non-hydrogen) atoms. The number of hydrogen-bond donors (Lipinski definition) is 1. The van der Waals surface area contributed by atoms with E-state index in [1.807, 2.05) is 12.1 Å². The first kappa shape index (κ1) is 13.5. The zero-order chi connectivity index (χ0) is 13.1. The summed E-state index contributed by atoms with van der Waals surface area (Å²) in [6, 6.07) is 8.87. The van der Waals surface area contributed by atoms with Crippen LogP contribution in [0.5, 0.6) is 0 Å². The second kappa shape index (κ2) is 5.81. The topological polar surface area (TPSA) is 29.3 Å². The van der Waals surface area contributed by atoms with Crippen LogP contribution in [-0.2, 0) is 6.54 Å². The Balaban J connectivity index is 2.12. The van der Waals surface area contributed by atoms with Crippen molar-refractivity contribution in [1.82, 2.24) is 4.90 Å². The molecular formula is C15H22N2S. The summed E-state index contributed by atoms with van der Waals surface area (Å²) in [7, 11) is 0. The van der Waals surface area contributed by atoms with Gasteiger partial charge in [-0.3, -0.25) is 4.90 Å². The highest BCUT2D eigenvalue weighted by atomic mass is 32.1. The molecule has 1 heterocycles. The van der Waals surface area contributed by atoms with Crippen LogP contribution < -0.4 is 5.73 Å². The molecule has 1 aromatic rings. The first-order valence-corrected chi connectivity index (χ1v) is 7.10. The Morgan fingerprint density at radius 1 is 1.39 bits per heavy atom. The van der Waals surface area contributed by atoms with Gasteiger partial charge in [0.25, 0.3) is 0 Å². The van der Waals surface area contributed by atoms with E-state index in [0.717, 1.165) is 18.0 Å². The molecule has 2 unspecified atom stereocenters. The molecule has 2 atom stereocenters. The van der Waals surface area contributed by atoms with Gasteiger partial charge in [-0.25, -0.2) is 0 Å². The average Bonchev–Trinajstić information content (AvgIpc) is 2.33. The monoisotopic (exact) mass is 262 g/mol. The lowest BCUT2D eigenvalue weighted by molar-refractivity contribution is 0.122. The minimum atomic E-state index is 0.503. The van der Waals surface area contributed by atoms with Gasteiger partial charge in [-0.1, -0.05) is 43.4 Å². The number of thiocarbonyl (C=S) groups is 1. The lowest BCUT2D eigenvalue weighted by atomic mass is 9.92. The van der Waals surface area contributed by atoms with Crippen LogP contribution in [0, 0.1) is 5.92 Å². The van der Waals surface area contributed by atoms with Gasteiger partial charge < -0.3 is 5.73 Å². The molecule has 98 valence electrons. The molecule has 2 N–H and O–H groups in total. The smallest absolute Gasteiger partial charge is 0.104 e. The van der Waals surface area contributed by atoms with E-state index in [4.69, 9.17) is 18.0 Å². The lowest BCUT2D eigenvalue weighted by Crippen LogP contribution is -2.39. The Morgan fingerprint density at radius 2 is 2.11 bits per heavy atom. The average molecular weight is 262 g/mol. The number of nitrogens with zero attached hydrogens (tertiary/aromatic N) is 1. The predicted octanol–water partition coefficient (Wildman–Crippen LogP) is 2.94. The maximum Gasteiger partial charge on any atom is 0.104 e. The third-order valence-electron chi connectivity index (χ3n) is 3.93. The Morgan fingerprint density at radius 3 is 2.78 bits per heavy atom. The standard InChI is InChI=1S/C15H22N2S/c1-11-7-8-17(12(2)9-11)10-13-5-3-4-6-14(13)15(16)18/h3-6,11-12H,7-10H2,1-2H3,(H2,16,18). The summed E-state index contributed by atoms with van der Waals surface area (Å²) in [5.74, 6) is 0.849. The number of benzene rings is 1. The summed E-state index contributed by atoms with van der Waals surface area (Å²) in [5.41, 5.74) is 8.07. The Hall–Kier alpha value is -0.930. The summed E-state index contributed by atoms with van der Waals surface area (Å²) < 4.78 is 0. The first-order chi connectivity index (χ1) is 8.58. The van der Waals surface area contributed by atoms with Gasteiger partial charge in [0.05, 0.1) is 0 Å². The van der Waals surface area contributed by atoms with Crippen LogP contribution in [0.15, 0.2) is 24.3 Å². The molecule has 1 aliphatic heterocycles. The Labute approximate surface area is 115 Å². The first-order valence-electron chi connectivity index (χ1n) is 6.69. The summed E-state index contributed by atoms with van der Waals surface area (Å²) in [6.45, 7) is 6.80. The van der Waals surface area contributed by atoms with Crippen LogP contribution in [0.3, 0.4) is 0 Å². The van der Waals surface area contributed by atoms with Crippen LogP contribution in [0.2, 0.25) is 0 Å². The van der Waals surface area contributed by atoms with Gasteiger partial charge >= 0.3 is 0 Å². The fourth-order valence-electron chi connectivity index (χ4n) is 2.81. The minimum Gasteiger partial charge on any atom is -0.389 e. The molecule has 3 heteroatoms. The van der Waals surface area contributed by atoms with Crippen molar-refractivity contribution in [2.75, 3.05) is 6.54 Å². The summed E-state index contributed by atoms with van der Waals surface area (Å²) in [4.78, 5) is 3.04.